The highest BCUT2D eigenvalue weighted by Gasteiger charge is 2.18. The fourth-order valence-corrected chi connectivity index (χ4v) is 3.71. The summed E-state index contributed by atoms with van der Waals surface area (Å²) in [5.41, 5.74) is 5.21. The number of hydrogen-bond acceptors (Lipinski definition) is 5. The van der Waals surface area contributed by atoms with Gasteiger partial charge in [0.2, 0.25) is 0 Å². The van der Waals surface area contributed by atoms with E-state index in [0.717, 1.165) is 66.5 Å². The second-order valence-corrected chi connectivity index (χ2v) is 7.50. The van der Waals surface area contributed by atoms with Crippen LogP contribution in [-0.2, 0) is 12.8 Å². The van der Waals surface area contributed by atoms with E-state index in [-0.39, 0.29) is 0 Å². The molecule has 0 spiro atoms. The summed E-state index contributed by atoms with van der Waals surface area (Å²) in [5, 5.41) is 14.7. The van der Waals surface area contributed by atoms with Crippen LogP contribution in [0.15, 0.2) is 34.9 Å². The minimum atomic E-state index is 0.565. The minimum absolute atomic E-state index is 0.565. The van der Waals surface area contributed by atoms with Gasteiger partial charge in [0.1, 0.15) is 17.2 Å². The molecule has 1 aliphatic carbocycles. The number of pyridine rings is 1. The quantitative estimate of drug-likeness (QED) is 0.661. The Bertz CT molecular complexity index is 931. The van der Waals surface area contributed by atoms with Crippen LogP contribution in [0, 0.1) is 6.92 Å². The highest BCUT2D eigenvalue weighted by atomic mass is 32.1. The van der Waals surface area contributed by atoms with Gasteiger partial charge in [0.05, 0.1) is 0 Å². The Morgan fingerprint density at radius 1 is 1.32 bits per heavy atom. The molecule has 0 fully saturated rings. The summed E-state index contributed by atoms with van der Waals surface area (Å²) in [6, 6.07) is 4.29. The van der Waals surface area contributed by atoms with E-state index in [1.165, 1.54) is 12.0 Å². The Kier molecular flexibility index (Phi) is 5.71. The van der Waals surface area contributed by atoms with Crippen molar-refractivity contribution in [3.05, 3.63) is 53.1 Å². The SMILES string of the molecule is Cc1onc(C2=CC=CCC2)c1NC(=S)NCCc1ccc2c(n1)NCCC2. The van der Waals surface area contributed by atoms with Crippen LogP contribution in [0.5, 0.6) is 0 Å². The fourth-order valence-electron chi connectivity index (χ4n) is 3.51. The number of fused-ring (bicyclic) bond motifs is 1. The maximum atomic E-state index is 5.48. The van der Waals surface area contributed by atoms with Gasteiger partial charge in [0.15, 0.2) is 10.9 Å². The summed E-state index contributed by atoms with van der Waals surface area (Å²) < 4.78 is 5.39. The Hall–Kier alpha value is -2.67. The van der Waals surface area contributed by atoms with Gasteiger partial charge in [-0.2, -0.15) is 0 Å². The molecular weight excluding hydrogens is 370 g/mol. The molecule has 6 nitrogen and oxygen atoms in total. The van der Waals surface area contributed by atoms with Crippen LogP contribution in [0.4, 0.5) is 11.5 Å². The van der Waals surface area contributed by atoms with Crippen molar-refractivity contribution in [3.63, 3.8) is 0 Å². The minimum Gasteiger partial charge on any atom is -0.370 e. The van der Waals surface area contributed by atoms with Gasteiger partial charge in [-0.05, 0) is 62.0 Å². The van der Waals surface area contributed by atoms with E-state index < -0.39 is 0 Å². The summed E-state index contributed by atoms with van der Waals surface area (Å²) >= 11 is 5.48. The molecule has 2 aromatic heterocycles. The number of anilines is 2. The van der Waals surface area contributed by atoms with E-state index in [1.54, 1.807) is 0 Å². The number of nitrogens with zero attached hydrogens (tertiary/aromatic N) is 2. The van der Waals surface area contributed by atoms with Crippen molar-refractivity contribution in [2.24, 2.45) is 0 Å². The first kappa shape index (κ1) is 18.7. The second-order valence-electron chi connectivity index (χ2n) is 7.09. The highest BCUT2D eigenvalue weighted by Crippen LogP contribution is 2.31. The predicted molar refractivity (Wildman–Crippen MR) is 117 cm³/mol. The topological polar surface area (TPSA) is 75.0 Å². The van der Waals surface area contributed by atoms with Crippen molar-refractivity contribution < 1.29 is 4.52 Å². The molecule has 146 valence electrons. The van der Waals surface area contributed by atoms with Gasteiger partial charge in [0.25, 0.3) is 0 Å². The molecule has 0 bridgehead atoms. The Morgan fingerprint density at radius 2 is 2.25 bits per heavy atom. The van der Waals surface area contributed by atoms with Gasteiger partial charge in [-0.25, -0.2) is 4.98 Å². The first-order valence-corrected chi connectivity index (χ1v) is 10.2. The van der Waals surface area contributed by atoms with E-state index >= 15 is 0 Å². The van der Waals surface area contributed by atoms with E-state index in [4.69, 9.17) is 21.7 Å². The van der Waals surface area contributed by atoms with Gasteiger partial charge >= 0.3 is 0 Å². The molecule has 0 unspecified atom stereocenters. The molecule has 28 heavy (non-hydrogen) atoms. The molecule has 0 saturated heterocycles. The average Bonchev–Trinajstić information content (AvgIpc) is 3.09. The molecule has 1 aliphatic heterocycles. The summed E-state index contributed by atoms with van der Waals surface area (Å²) in [4.78, 5) is 4.72. The summed E-state index contributed by atoms with van der Waals surface area (Å²) in [7, 11) is 0. The summed E-state index contributed by atoms with van der Waals surface area (Å²) in [6.07, 6.45) is 11.4. The summed E-state index contributed by atoms with van der Waals surface area (Å²) in [5.74, 6) is 1.76. The second kappa shape index (κ2) is 8.56. The van der Waals surface area contributed by atoms with Crippen LogP contribution in [0.2, 0.25) is 0 Å². The molecule has 0 aromatic carbocycles. The van der Waals surface area contributed by atoms with Crippen molar-refractivity contribution in [2.75, 3.05) is 23.7 Å². The third-order valence-electron chi connectivity index (χ3n) is 5.04. The lowest BCUT2D eigenvalue weighted by molar-refractivity contribution is 0.396. The molecule has 0 radical (unpaired) electrons. The predicted octanol–water partition coefficient (Wildman–Crippen LogP) is 4.00. The molecule has 2 aromatic rings. The van der Waals surface area contributed by atoms with E-state index in [0.29, 0.717) is 11.7 Å². The lowest BCUT2D eigenvalue weighted by atomic mass is 10.0. The van der Waals surface area contributed by atoms with Crippen LogP contribution >= 0.6 is 12.2 Å². The maximum Gasteiger partial charge on any atom is 0.170 e. The number of hydrogen-bond donors (Lipinski definition) is 3. The van der Waals surface area contributed by atoms with Crippen molar-refractivity contribution in [1.29, 1.82) is 0 Å². The molecule has 0 saturated carbocycles. The van der Waals surface area contributed by atoms with Crippen LogP contribution in [0.3, 0.4) is 0 Å². The number of rotatable bonds is 5. The zero-order valence-electron chi connectivity index (χ0n) is 16.0. The monoisotopic (exact) mass is 395 g/mol. The largest absolute Gasteiger partial charge is 0.370 e. The lowest BCUT2D eigenvalue weighted by Gasteiger charge is -2.17. The smallest absolute Gasteiger partial charge is 0.170 e. The standard InChI is InChI=1S/C21H25N5OS/c1-14-18(19(26-27-14)15-6-3-2-4-7-15)25-21(28)23-13-11-17-10-9-16-8-5-12-22-20(16)24-17/h2-3,6,9-10H,4-5,7-8,11-13H2,1H3,(H,22,24)(H2,23,25,28). The van der Waals surface area contributed by atoms with Gasteiger partial charge in [0, 0.05) is 25.2 Å². The fraction of sp³-hybridized carbons (Fsp3) is 0.381. The van der Waals surface area contributed by atoms with Crippen LogP contribution in [0.25, 0.3) is 5.57 Å². The van der Waals surface area contributed by atoms with Gasteiger partial charge in [-0.3, -0.25) is 0 Å². The molecule has 3 N–H and O–H groups in total. The lowest BCUT2D eigenvalue weighted by Crippen LogP contribution is -2.30. The molecule has 2 aliphatic rings. The normalized spacial score (nSPS) is 15.4. The van der Waals surface area contributed by atoms with Crippen molar-refractivity contribution in [3.8, 4) is 0 Å². The third-order valence-corrected chi connectivity index (χ3v) is 5.28. The van der Waals surface area contributed by atoms with Crippen LogP contribution in [-0.4, -0.2) is 28.3 Å². The van der Waals surface area contributed by atoms with Gasteiger partial charge in [-0.15, -0.1) is 0 Å². The zero-order valence-corrected chi connectivity index (χ0v) is 16.9. The summed E-state index contributed by atoms with van der Waals surface area (Å²) in [6.45, 7) is 3.61. The van der Waals surface area contributed by atoms with Crippen molar-refractivity contribution in [2.45, 2.75) is 39.0 Å². The Balaban J connectivity index is 1.33. The molecular formula is C21H25N5OS. The zero-order chi connectivity index (χ0) is 19.3. The number of aromatic nitrogens is 2. The maximum absolute atomic E-state index is 5.48. The molecule has 0 amide bonds. The average molecular weight is 396 g/mol. The Morgan fingerprint density at radius 3 is 3.11 bits per heavy atom. The number of nitrogens with one attached hydrogen (secondary N) is 3. The first-order valence-electron chi connectivity index (χ1n) is 9.80. The van der Waals surface area contributed by atoms with E-state index in [2.05, 4.69) is 51.5 Å². The molecule has 0 atom stereocenters. The third kappa shape index (κ3) is 4.25. The Labute approximate surface area is 170 Å². The first-order chi connectivity index (χ1) is 13.7. The van der Waals surface area contributed by atoms with E-state index in [1.807, 2.05) is 6.92 Å². The molecule has 7 heteroatoms. The number of thiocarbonyl (C=S) groups is 1. The van der Waals surface area contributed by atoms with Crippen molar-refractivity contribution in [1.82, 2.24) is 15.5 Å². The number of aryl methyl sites for hydroxylation is 2. The molecule has 4 rings (SSSR count). The number of allylic oxidation sites excluding steroid dienone is 4. The highest BCUT2D eigenvalue weighted by molar-refractivity contribution is 7.80. The van der Waals surface area contributed by atoms with Gasteiger partial charge in [-0.1, -0.05) is 29.5 Å². The molecule has 3 heterocycles. The van der Waals surface area contributed by atoms with Gasteiger partial charge < -0.3 is 20.5 Å². The van der Waals surface area contributed by atoms with E-state index in [9.17, 15) is 0 Å². The van der Waals surface area contributed by atoms with Crippen LogP contribution in [0.1, 0.15) is 42.0 Å². The van der Waals surface area contributed by atoms with Crippen LogP contribution < -0.4 is 16.0 Å². The van der Waals surface area contributed by atoms with Crippen molar-refractivity contribution >= 4 is 34.4 Å².